The summed E-state index contributed by atoms with van der Waals surface area (Å²) in [5, 5.41) is 9.51. The second-order valence-electron chi connectivity index (χ2n) is 7.40. The Morgan fingerprint density at radius 3 is 2.72 bits per heavy atom. The van der Waals surface area contributed by atoms with Crippen LogP contribution in [0.4, 0.5) is 5.95 Å². The molecular formula is C20H23N7O2. The predicted molar refractivity (Wildman–Crippen MR) is 110 cm³/mol. The molecule has 9 heteroatoms. The normalized spacial score (nSPS) is 16.9. The third-order valence-corrected chi connectivity index (χ3v) is 5.43. The number of nitrogens with zero attached hydrogens (tertiary/aromatic N) is 6. The molecule has 2 aromatic heterocycles. The minimum atomic E-state index is -0.695. The van der Waals surface area contributed by atoms with E-state index in [0.29, 0.717) is 25.5 Å². The van der Waals surface area contributed by atoms with Crippen LogP contribution in [0.5, 0.6) is 0 Å². The smallest absolute Gasteiger partial charge is 0.341 e. The first kappa shape index (κ1) is 19.0. The van der Waals surface area contributed by atoms with Crippen LogP contribution in [-0.2, 0) is 20.0 Å². The Labute approximate surface area is 167 Å². The Morgan fingerprint density at radius 1 is 1.28 bits per heavy atom. The van der Waals surface area contributed by atoms with Gasteiger partial charge in [0.15, 0.2) is 17.4 Å². The second kappa shape index (κ2) is 7.56. The van der Waals surface area contributed by atoms with Crippen LogP contribution in [0.15, 0.2) is 39.9 Å². The van der Waals surface area contributed by atoms with Gasteiger partial charge in [0.05, 0.1) is 0 Å². The van der Waals surface area contributed by atoms with Crippen LogP contribution in [0.1, 0.15) is 18.4 Å². The minimum Gasteiger partial charge on any atom is -0.341 e. The van der Waals surface area contributed by atoms with Crippen molar-refractivity contribution >= 4 is 17.1 Å². The number of imidazole rings is 1. The average molecular weight is 393 g/mol. The number of hydrogen-bond acceptors (Lipinski definition) is 6. The van der Waals surface area contributed by atoms with Crippen molar-refractivity contribution in [2.24, 2.45) is 12.8 Å². The van der Waals surface area contributed by atoms with Crippen molar-refractivity contribution in [2.75, 3.05) is 18.0 Å². The van der Waals surface area contributed by atoms with Crippen molar-refractivity contribution in [3.8, 4) is 6.19 Å². The highest BCUT2D eigenvalue weighted by atomic mass is 16.2. The van der Waals surface area contributed by atoms with Gasteiger partial charge in [-0.05, 0) is 24.8 Å². The van der Waals surface area contributed by atoms with E-state index in [1.165, 1.54) is 7.05 Å². The molecule has 1 fully saturated rings. The highest BCUT2D eigenvalue weighted by Gasteiger charge is 2.26. The molecule has 4 rings (SSSR count). The lowest BCUT2D eigenvalue weighted by atomic mass is 10.1. The Kier molecular flexibility index (Phi) is 4.94. The molecule has 2 N–H and O–H groups in total. The SMILES string of the molecule is Cn1c(=O)c2c(nc(N3CCCC(N)C3)n2CCc2ccccc2)n(C#N)c1=O. The summed E-state index contributed by atoms with van der Waals surface area (Å²) in [6.45, 7) is 1.88. The molecule has 0 spiro atoms. The van der Waals surface area contributed by atoms with Crippen LogP contribution in [0, 0.1) is 11.5 Å². The second-order valence-corrected chi connectivity index (χ2v) is 7.40. The molecule has 0 radical (unpaired) electrons. The lowest BCUT2D eigenvalue weighted by Gasteiger charge is -2.31. The standard InChI is InChI=1S/C20H23N7O2/c1-24-18(28)16-17(27(13-21)20(24)29)23-19(25-10-5-8-15(22)12-25)26(16)11-9-14-6-3-2-4-7-14/h2-4,6-7,15H,5,8-12,22H2,1H3. The zero-order valence-electron chi connectivity index (χ0n) is 16.3. The average Bonchev–Trinajstić information content (AvgIpc) is 3.11. The molecular weight excluding hydrogens is 370 g/mol. The van der Waals surface area contributed by atoms with Crippen molar-refractivity contribution in [1.29, 1.82) is 5.26 Å². The molecule has 3 aromatic rings. The van der Waals surface area contributed by atoms with Gasteiger partial charge in [0, 0.05) is 32.7 Å². The van der Waals surface area contributed by atoms with Gasteiger partial charge in [-0.3, -0.25) is 9.36 Å². The molecule has 0 bridgehead atoms. The fraction of sp³-hybridized carbons (Fsp3) is 0.400. The number of fused-ring (bicyclic) bond motifs is 1. The Morgan fingerprint density at radius 2 is 2.03 bits per heavy atom. The summed E-state index contributed by atoms with van der Waals surface area (Å²) in [7, 11) is 1.38. The number of nitriles is 1. The monoisotopic (exact) mass is 393 g/mol. The van der Waals surface area contributed by atoms with Crippen LogP contribution in [0.25, 0.3) is 11.2 Å². The predicted octanol–water partition coefficient (Wildman–Crippen LogP) is 0.396. The summed E-state index contributed by atoms with van der Waals surface area (Å²) < 4.78 is 3.66. The number of rotatable bonds is 4. The molecule has 0 saturated carbocycles. The summed E-state index contributed by atoms with van der Waals surface area (Å²) in [6, 6.07) is 9.97. The number of aromatic nitrogens is 4. The van der Waals surface area contributed by atoms with E-state index < -0.39 is 11.2 Å². The third kappa shape index (κ3) is 3.32. The van der Waals surface area contributed by atoms with Gasteiger partial charge in [0.2, 0.25) is 5.95 Å². The molecule has 1 aliphatic heterocycles. The van der Waals surface area contributed by atoms with Gasteiger partial charge in [-0.15, -0.1) is 0 Å². The number of benzene rings is 1. The molecule has 9 nitrogen and oxygen atoms in total. The maximum atomic E-state index is 12.9. The van der Waals surface area contributed by atoms with E-state index in [2.05, 4.69) is 4.98 Å². The first-order valence-electron chi connectivity index (χ1n) is 9.68. The molecule has 0 aliphatic carbocycles. The highest BCUT2D eigenvalue weighted by Crippen LogP contribution is 2.23. The maximum Gasteiger partial charge on any atom is 0.346 e. The zero-order valence-corrected chi connectivity index (χ0v) is 16.3. The zero-order chi connectivity index (χ0) is 20.5. The Balaban J connectivity index is 1.90. The molecule has 1 unspecified atom stereocenters. The van der Waals surface area contributed by atoms with Crippen LogP contribution >= 0.6 is 0 Å². The van der Waals surface area contributed by atoms with Crippen LogP contribution < -0.4 is 21.9 Å². The topological polar surface area (TPSA) is 115 Å². The molecule has 150 valence electrons. The number of anilines is 1. The van der Waals surface area contributed by atoms with Gasteiger partial charge in [-0.2, -0.15) is 14.8 Å². The molecule has 0 amide bonds. The number of piperidine rings is 1. The lowest BCUT2D eigenvalue weighted by Crippen LogP contribution is -2.44. The van der Waals surface area contributed by atoms with Crippen LogP contribution in [0.2, 0.25) is 0 Å². The van der Waals surface area contributed by atoms with E-state index >= 15 is 0 Å². The fourth-order valence-corrected chi connectivity index (χ4v) is 3.90. The first-order chi connectivity index (χ1) is 14.0. The molecule has 1 atom stereocenters. The van der Waals surface area contributed by atoms with Crippen molar-refractivity contribution in [3.63, 3.8) is 0 Å². The summed E-state index contributed by atoms with van der Waals surface area (Å²) in [5.41, 5.74) is 6.49. The van der Waals surface area contributed by atoms with Crippen molar-refractivity contribution in [2.45, 2.75) is 31.8 Å². The van der Waals surface area contributed by atoms with E-state index in [0.717, 1.165) is 34.1 Å². The summed E-state index contributed by atoms with van der Waals surface area (Å²) in [5.74, 6) is 0.581. The number of hydrogen-bond donors (Lipinski definition) is 1. The van der Waals surface area contributed by atoms with Gasteiger partial charge in [0.25, 0.3) is 5.56 Å². The van der Waals surface area contributed by atoms with E-state index in [4.69, 9.17) is 5.73 Å². The van der Waals surface area contributed by atoms with Gasteiger partial charge in [-0.25, -0.2) is 4.79 Å². The Bertz CT molecular complexity index is 1200. The van der Waals surface area contributed by atoms with Gasteiger partial charge >= 0.3 is 5.69 Å². The first-order valence-corrected chi connectivity index (χ1v) is 9.68. The highest BCUT2D eigenvalue weighted by molar-refractivity contribution is 5.75. The molecule has 1 saturated heterocycles. The quantitative estimate of drug-likeness (QED) is 0.686. The lowest BCUT2D eigenvalue weighted by molar-refractivity contribution is 0.493. The summed E-state index contributed by atoms with van der Waals surface area (Å²) in [4.78, 5) is 32.0. The summed E-state index contributed by atoms with van der Waals surface area (Å²) in [6.07, 6.45) is 4.40. The van der Waals surface area contributed by atoms with E-state index in [1.807, 2.05) is 46.0 Å². The van der Waals surface area contributed by atoms with E-state index in [9.17, 15) is 14.9 Å². The van der Waals surface area contributed by atoms with Crippen LogP contribution in [-0.4, -0.2) is 37.8 Å². The van der Waals surface area contributed by atoms with Gasteiger partial charge in [0.1, 0.15) is 0 Å². The molecule has 1 aromatic carbocycles. The fourth-order valence-electron chi connectivity index (χ4n) is 3.90. The van der Waals surface area contributed by atoms with Crippen molar-refractivity contribution in [3.05, 3.63) is 56.7 Å². The van der Waals surface area contributed by atoms with Gasteiger partial charge < -0.3 is 15.2 Å². The largest absolute Gasteiger partial charge is 0.346 e. The van der Waals surface area contributed by atoms with Gasteiger partial charge in [-0.1, -0.05) is 30.3 Å². The van der Waals surface area contributed by atoms with E-state index in [1.54, 1.807) is 0 Å². The molecule has 1 aliphatic rings. The van der Waals surface area contributed by atoms with Crippen molar-refractivity contribution < 1.29 is 0 Å². The number of aryl methyl sites for hydroxylation is 2. The van der Waals surface area contributed by atoms with E-state index in [-0.39, 0.29) is 17.2 Å². The maximum absolute atomic E-state index is 12.9. The minimum absolute atomic E-state index is 0.0205. The van der Waals surface area contributed by atoms with Crippen molar-refractivity contribution in [1.82, 2.24) is 18.7 Å². The Hall–Kier alpha value is -3.38. The van der Waals surface area contributed by atoms with Crippen LogP contribution in [0.3, 0.4) is 0 Å². The third-order valence-electron chi connectivity index (χ3n) is 5.43. The molecule has 3 heterocycles. The number of nitrogens with two attached hydrogens (primary N) is 1. The molecule has 29 heavy (non-hydrogen) atoms. The summed E-state index contributed by atoms with van der Waals surface area (Å²) >= 11 is 0.